The molecule has 3 aliphatic rings. The van der Waals surface area contributed by atoms with Crippen LogP contribution in [0.3, 0.4) is 0 Å². The van der Waals surface area contributed by atoms with E-state index >= 15 is 0 Å². The molecule has 0 aromatic heterocycles. The minimum Gasteiger partial charge on any atom is -0.507 e. The number of imide groups is 1. The Morgan fingerprint density at radius 1 is 0.959 bits per heavy atom. The van der Waals surface area contributed by atoms with Gasteiger partial charge in [0.1, 0.15) is 5.75 Å². The molecule has 6 nitrogen and oxygen atoms in total. The minimum atomic E-state index is -5.15. The van der Waals surface area contributed by atoms with Crippen LogP contribution in [0.4, 0.5) is 32.0 Å². The summed E-state index contributed by atoms with van der Waals surface area (Å²) in [4.78, 5) is 28.1. The highest BCUT2D eigenvalue weighted by molar-refractivity contribution is 9.10. The Labute approximate surface area is 286 Å². The number of ether oxygens (including phenoxy) is 2. The zero-order valence-electron chi connectivity index (χ0n) is 25.9. The summed E-state index contributed by atoms with van der Waals surface area (Å²) in [7, 11) is 1.47. The molecule has 4 atom stereocenters. The van der Waals surface area contributed by atoms with Gasteiger partial charge in [-0.1, -0.05) is 46.3 Å². The van der Waals surface area contributed by atoms with Crippen molar-refractivity contribution in [2.75, 3.05) is 25.2 Å². The molecule has 0 spiro atoms. The Balaban J connectivity index is 1.32. The third-order valence-electron chi connectivity index (χ3n) is 9.30. The highest BCUT2D eigenvalue weighted by Crippen LogP contribution is 2.51. The van der Waals surface area contributed by atoms with Crippen LogP contribution in [-0.2, 0) is 31.4 Å². The van der Waals surface area contributed by atoms with E-state index in [-0.39, 0.29) is 31.5 Å². The number of fused-ring (bicyclic) bond motifs is 3. The first-order valence-corrected chi connectivity index (χ1v) is 16.2. The number of hydrogen-bond donors (Lipinski definition) is 1. The summed E-state index contributed by atoms with van der Waals surface area (Å²) in [6.07, 6.45) is -7.95. The number of rotatable bonds is 8. The van der Waals surface area contributed by atoms with E-state index in [1.165, 1.54) is 7.11 Å². The van der Waals surface area contributed by atoms with Gasteiger partial charge in [-0.25, -0.2) is 4.90 Å². The Hall–Kier alpha value is -3.94. The van der Waals surface area contributed by atoms with Crippen LogP contribution in [0.15, 0.2) is 82.3 Å². The first kappa shape index (κ1) is 34.9. The van der Waals surface area contributed by atoms with Crippen molar-refractivity contribution in [2.45, 2.75) is 37.7 Å². The summed E-state index contributed by atoms with van der Waals surface area (Å²) < 4.78 is 94.4. The van der Waals surface area contributed by atoms with Crippen molar-refractivity contribution in [1.29, 1.82) is 0 Å². The van der Waals surface area contributed by atoms with E-state index in [1.54, 1.807) is 18.2 Å². The predicted octanol–water partition coefficient (Wildman–Crippen LogP) is 8.68. The number of methoxy groups -OCH3 is 1. The normalized spacial score (nSPS) is 22.9. The molecule has 1 N–H and O–H groups in total. The molecule has 0 saturated carbocycles. The predicted molar refractivity (Wildman–Crippen MR) is 172 cm³/mol. The van der Waals surface area contributed by atoms with Gasteiger partial charge in [-0.05, 0) is 84.0 Å². The highest BCUT2D eigenvalue weighted by Gasteiger charge is 2.57. The standard InChI is InChI=1S/C36H30BrF6NO5/c1-48-17-22-13-27-32(34(47)44(33(27)46)26-15-23(35(38,39)40)14-24(16-26)36(41,42)43)28-18-49-30(31(22)28)10-7-20(19-5-3-2-4-6-19)11-21-12-25(37)8-9-29(21)45/h2-6,8-9,11-12,14-16,27-28,30,32,45H,7,10,13,17-18H2,1H3/b20-11-/t27-,28+,30-,32-/m1/s1. The zero-order chi connectivity index (χ0) is 35.2. The maximum atomic E-state index is 13.9. The van der Waals surface area contributed by atoms with Crippen molar-refractivity contribution in [3.05, 3.63) is 105 Å². The lowest BCUT2D eigenvalue weighted by Gasteiger charge is -2.31. The number of anilines is 1. The minimum absolute atomic E-state index is 0.0361. The molecule has 2 aliphatic heterocycles. The molecule has 2 saturated heterocycles. The van der Waals surface area contributed by atoms with Crippen LogP contribution in [0.5, 0.6) is 5.75 Å². The number of halogens is 7. The Morgan fingerprint density at radius 2 is 1.63 bits per heavy atom. The SMILES string of the molecule is COCC1=C2[C@@H](CC/C(=C/c3cc(Br)ccc3O)c3ccccc3)OC[C@@H]2[C@@H]2C(=O)N(c3cc(C(F)(F)F)cc(C(F)(F)F)c3)C(=O)[C@@H]2C1. The number of phenols is 1. The third-order valence-corrected chi connectivity index (χ3v) is 9.79. The quantitative estimate of drug-likeness (QED) is 0.108. The van der Waals surface area contributed by atoms with E-state index < -0.39 is 64.8 Å². The molecule has 1 aliphatic carbocycles. The van der Waals surface area contributed by atoms with Crippen LogP contribution in [0.1, 0.15) is 41.5 Å². The monoisotopic (exact) mass is 749 g/mol. The number of carbonyl (C=O) groups is 2. The topological polar surface area (TPSA) is 76.1 Å². The van der Waals surface area contributed by atoms with Gasteiger partial charge in [-0.15, -0.1) is 0 Å². The van der Waals surface area contributed by atoms with E-state index in [1.807, 2.05) is 36.4 Å². The second-order valence-electron chi connectivity index (χ2n) is 12.3. The molecule has 2 fully saturated rings. The zero-order valence-corrected chi connectivity index (χ0v) is 27.5. The van der Waals surface area contributed by atoms with Gasteiger partial charge in [0, 0.05) is 23.1 Å². The molecule has 2 heterocycles. The smallest absolute Gasteiger partial charge is 0.416 e. The van der Waals surface area contributed by atoms with Crippen LogP contribution in [0, 0.1) is 17.8 Å². The van der Waals surface area contributed by atoms with Crippen molar-refractivity contribution in [2.24, 2.45) is 17.8 Å². The van der Waals surface area contributed by atoms with Gasteiger partial charge in [-0.2, -0.15) is 26.3 Å². The Morgan fingerprint density at radius 3 is 2.27 bits per heavy atom. The van der Waals surface area contributed by atoms with Gasteiger partial charge >= 0.3 is 12.4 Å². The largest absolute Gasteiger partial charge is 0.507 e. The number of benzene rings is 3. The summed E-state index contributed by atoms with van der Waals surface area (Å²) in [6, 6.07) is 15.4. The van der Waals surface area contributed by atoms with Gasteiger partial charge < -0.3 is 14.6 Å². The number of allylic oxidation sites excluding steroid dienone is 1. The Bertz CT molecular complexity index is 1810. The van der Waals surface area contributed by atoms with E-state index in [0.29, 0.717) is 41.0 Å². The lowest BCUT2D eigenvalue weighted by Crippen LogP contribution is -2.35. The molecular weight excluding hydrogens is 720 g/mol. The van der Waals surface area contributed by atoms with E-state index in [9.17, 15) is 41.0 Å². The number of carbonyl (C=O) groups excluding carboxylic acids is 2. The highest BCUT2D eigenvalue weighted by atomic mass is 79.9. The van der Waals surface area contributed by atoms with E-state index in [2.05, 4.69) is 15.9 Å². The van der Waals surface area contributed by atoms with Crippen molar-refractivity contribution in [3.63, 3.8) is 0 Å². The van der Waals surface area contributed by atoms with Crippen LogP contribution in [-0.4, -0.2) is 43.3 Å². The first-order valence-electron chi connectivity index (χ1n) is 15.4. The fourth-order valence-electron chi connectivity index (χ4n) is 7.17. The molecule has 6 rings (SSSR count). The average Bonchev–Trinajstić information content (AvgIpc) is 3.58. The van der Waals surface area contributed by atoms with Gasteiger partial charge in [0.25, 0.3) is 0 Å². The van der Waals surface area contributed by atoms with Gasteiger partial charge in [0.05, 0.1) is 48.0 Å². The molecule has 0 bridgehead atoms. The lowest BCUT2D eigenvalue weighted by molar-refractivity contribution is -0.143. The molecule has 2 amide bonds. The van der Waals surface area contributed by atoms with Gasteiger partial charge in [0.2, 0.25) is 11.8 Å². The number of alkyl halides is 6. The molecule has 3 aromatic carbocycles. The third kappa shape index (κ3) is 6.93. The molecule has 49 heavy (non-hydrogen) atoms. The number of phenolic OH excluding ortho intramolecular Hbond substituents is 1. The molecule has 258 valence electrons. The summed E-state index contributed by atoms with van der Waals surface area (Å²) >= 11 is 3.44. The summed E-state index contributed by atoms with van der Waals surface area (Å²) in [5.41, 5.74) is -0.117. The van der Waals surface area contributed by atoms with Gasteiger partial charge in [-0.3, -0.25) is 9.59 Å². The Kier molecular flexibility index (Phi) is 9.55. The number of nitrogens with zero attached hydrogens (tertiary/aromatic N) is 1. The maximum Gasteiger partial charge on any atom is 0.416 e. The molecule has 0 unspecified atom stereocenters. The van der Waals surface area contributed by atoms with Crippen molar-refractivity contribution in [1.82, 2.24) is 0 Å². The van der Waals surface area contributed by atoms with Crippen LogP contribution >= 0.6 is 15.9 Å². The average molecular weight is 751 g/mol. The second kappa shape index (κ2) is 13.4. The van der Waals surface area contributed by atoms with Crippen molar-refractivity contribution in [3.8, 4) is 5.75 Å². The van der Waals surface area contributed by atoms with E-state index in [4.69, 9.17) is 9.47 Å². The molecule has 13 heteroatoms. The van der Waals surface area contributed by atoms with Crippen molar-refractivity contribution >= 4 is 45.1 Å². The van der Waals surface area contributed by atoms with Crippen LogP contribution in [0.2, 0.25) is 0 Å². The maximum absolute atomic E-state index is 13.9. The van der Waals surface area contributed by atoms with Crippen molar-refractivity contribution < 1.29 is 50.5 Å². The molecular formula is C36H30BrF6NO5. The second-order valence-corrected chi connectivity index (χ2v) is 13.2. The van der Waals surface area contributed by atoms with Gasteiger partial charge in [0.15, 0.2) is 0 Å². The molecule has 0 radical (unpaired) electrons. The molecule has 3 aromatic rings. The van der Waals surface area contributed by atoms with Crippen LogP contribution < -0.4 is 4.90 Å². The number of hydrogen-bond acceptors (Lipinski definition) is 5. The number of aromatic hydroxyl groups is 1. The summed E-state index contributed by atoms with van der Waals surface area (Å²) in [6.45, 7) is 0.139. The fraction of sp³-hybridized carbons (Fsp3) is 0.333. The first-order chi connectivity index (χ1) is 23.2. The van der Waals surface area contributed by atoms with Crippen LogP contribution in [0.25, 0.3) is 11.6 Å². The summed E-state index contributed by atoms with van der Waals surface area (Å²) in [5, 5.41) is 10.5. The summed E-state index contributed by atoms with van der Waals surface area (Å²) in [5.74, 6) is -4.28. The van der Waals surface area contributed by atoms with E-state index in [0.717, 1.165) is 21.2 Å². The number of amides is 2. The fourth-order valence-corrected chi connectivity index (χ4v) is 7.55. The lowest BCUT2D eigenvalue weighted by atomic mass is 9.69.